The van der Waals surface area contributed by atoms with Gasteiger partial charge in [-0.1, -0.05) is 46.5 Å². The van der Waals surface area contributed by atoms with Crippen LogP contribution in [0.3, 0.4) is 0 Å². The average Bonchev–Trinajstić information content (AvgIpc) is 3.47. The van der Waals surface area contributed by atoms with Gasteiger partial charge in [0.2, 0.25) is 16.8 Å². The molecule has 0 aliphatic heterocycles. The summed E-state index contributed by atoms with van der Waals surface area (Å²) < 4.78 is 11.6. The maximum absolute atomic E-state index is 5.34. The molecule has 1 aromatic carbocycles. The SMILES string of the molecule is COc1ccccc1Nc1nnc(SCCCc2nc(-c3cccs3)no2)s1. The van der Waals surface area contributed by atoms with Crippen molar-refractivity contribution in [2.24, 2.45) is 0 Å². The van der Waals surface area contributed by atoms with Gasteiger partial charge in [0.15, 0.2) is 4.34 Å². The number of para-hydroxylation sites is 2. The van der Waals surface area contributed by atoms with Crippen LogP contribution in [-0.4, -0.2) is 33.2 Å². The molecule has 10 heteroatoms. The molecule has 7 nitrogen and oxygen atoms in total. The van der Waals surface area contributed by atoms with E-state index in [0.29, 0.717) is 11.7 Å². The lowest BCUT2D eigenvalue weighted by Gasteiger charge is -2.07. The Morgan fingerprint density at radius 1 is 1.18 bits per heavy atom. The van der Waals surface area contributed by atoms with E-state index in [1.165, 1.54) is 11.3 Å². The van der Waals surface area contributed by atoms with Gasteiger partial charge < -0.3 is 14.6 Å². The predicted molar refractivity (Wildman–Crippen MR) is 113 cm³/mol. The molecule has 0 saturated heterocycles. The van der Waals surface area contributed by atoms with Crippen molar-refractivity contribution in [3.05, 3.63) is 47.7 Å². The van der Waals surface area contributed by atoms with Gasteiger partial charge in [0.1, 0.15) is 5.75 Å². The number of benzene rings is 1. The van der Waals surface area contributed by atoms with Gasteiger partial charge in [-0.15, -0.1) is 21.5 Å². The Labute approximate surface area is 174 Å². The van der Waals surface area contributed by atoms with Crippen LogP contribution in [0.2, 0.25) is 0 Å². The van der Waals surface area contributed by atoms with Gasteiger partial charge in [0.05, 0.1) is 17.7 Å². The summed E-state index contributed by atoms with van der Waals surface area (Å²) in [6, 6.07) is 11.7. The van der Waals surface area contributed by atoms with E-state index >= 15 is 0 Å². The Bertz CT molecular complexity index is 1020. The van der Waals surface area contributed by atoms with Crippen molar-refractivity contribution >= 4 is 45.3 Å². The molecule has 144 valence electrons. The molecule has 3 heterocycles. The second-order valence-corrected chi connectivity index (χ2v) is 8.91. The van der Waals surface area contributed by atoms with Crippen molar-refractivity contribution in [3.8, 4) is 16.5 Å². The quantitative estimate of drug-likeness (QED) is 0.288. The number of anilines is 2. The van der Waals surface area contributed by atoms with Gasteiger partial charge in [-0.25, -0.2) is 0 Å². The third-order valence-electron chi connectivity index (χ3n) is 3.73. The molecule has 0 spiro atoms. The van der Waals surface area contributed by atoms with E-state index in [1.54, 1.807) is 30.2 Å². The van der Waals surface area contributed by atoms with E-state index in [-0.39, 0.29) is 0 Å². The number of ether oxygens (including phenoxy) is 1. The maximum Gasteiger partial charge on any atom is 0.227 e. The van der Waals surface area contributed by atoms with Crippen LogP contribution in [0, 0.1) is 0 Å². The Hall–Kier alpha value is -2.43. The van der Waals surface area contributed by atoms with Gasteiger partial charge in [0.25, 0.3) is 0 Å². The van der Waals surface area contributed by atoms with Crippen LogP contribution in [0.4, 0.5) is 10.8 Å². The molecule has 3 aromatic heterocycles. The van der Waals surface area contributed by atoms with Crippen molar-refractivity contribution in [2.75, 3.05) is 18.2 Å². The highest BCUT2D eigenvalue weighted by Crippen LogP contribution is 2.31. The maximum atomic E-state index is 5.34. The standard InChI is InChI=1S/C18H17N5O2S3/c1-24-13-7-3-2-6-12(13)19-17-21-22-18(28-17)27-11-5-9-15-20-16(23-25-15)14-8-4-10-26-14/h2-4,6-8,10H,5,9,11H2,1H3,(H,19,21). The summed E-state index contributed by atoms with van der Waals surface area (Å²) >= 11 is 4.79. The van der Waals surface area contributed by atoms with E-state index in [4.69, 9.17) is 9.26 Å². The van der Waals surface area contributed by atoms with E-state index in [9.17, 15) is 0 Å². The fourth-order valence-corrected chi connectivity index (χ4v) is 4.85. The van der Waals surface area contributed by atoms with Crippen LogP contribution >= 0.6 is 34.4 Å². The molecule has 0 bridgehead atoms. The summed E-state index contributed by atoms with van der Waals surface area (Å²) in [6.45, 7) is 0. The highest BCUT2D eigenvalue weighted by molar-refractivity contribution is 8.01. The Balaban J connectivity index is 1.25. The summed E-state index contributed by atoms with van der Waals surface area (Å²) in [6.07, 6.45) is 1.67. The fraction of sp³-hybridized carbons (Fsp3) is 0.222. The number of hydrogen-bond donors (Lipinski definition) is 1. The topological polar surface area (TPSA) is 86.0 Å². The molecule has 0 amide bonds. The van der Waals surface area contributed by atoms with Crippen LogP contribution < -0.4 is 10.1 Å². The van der Waals surface area contributed by atoms with Crippen molar-refractivity contribution in [1.82, 2.24) is 20.3 Å². The first-order chi connectivity index (χ1) is 13.8. The van der Waals surface area contributed by atoms with E-state index in [0.717, 1.165) is 44.4 Å². The summed E-state index contributed by atoms with van der Waals surface area (Å²) in [5, 5.41) is 18.4. The minimum absolute atomic E-state index is 0.661. The molecule has 28 heavy (non-hydrogen) atoms. The second kappa shape index (κ2) is 9.18. The van der Waals surface area contributed by atoms with Gasteiger partial charge in [0, 0.05) is 12.2 Å². The van der Waals surface area contributed by atoms with Crippen molar-refractivity contribution in [3.63, 3.8) is 0 Å². The smallest absolute Gasteiger partial charge is 0.227 e. The lowest BCUT2D eigenvalue weighted by Crippen LogP contribution is -1.93. The normalized spacial score (nSPS) is 10.9. The van der Waals surface area contributed by atoms with Crippen molar-refractivity contribution in [1.29, 1.82) is 0 Å². The first-order valence-corrected chi connectivity index (χ1v) is 11.2. The number of aryl methyl sites for hydroxylation is 1. The zero-order valence-corrected chi connectivity index (χ0v) is 17.4. The second-order valence-electron chi connectivity index (χ2n) is 5.64. The molecule has 0 atom stereocenters. The van der Waals surface area contributed by atoms with Crippen LogP contribution in [-0.2, 0) is 6.42 Å². The molecule has 0 aliphatic rings. The van der Waals surface area contributed by atoms with Gasteiger partial charge in [-0.05, 0) is 30.0 Å². The van der Waals surface area contributed by atoms with E-state index < -0.39 is 0 Å². The summed E-state index contributed by atoms with van der Waals surface area (Å²) in [5.74, 6) is 3.00. The molecule has 0 saturated carbocycles. The highest BCUT2D eigenvalue weighted by atomic mass is 32.2. The molecule has 1 N–H and O–H groups in total. The van der Waals surface area contributed by atoms with E-state index in [2.05, 4.69) is 25.7 Å². The summed E-state index contributed by atoms with van der Waals surface area (Å²) in [7, 11) is 1.65. The van der Waals surface area contributed by atoms with Crippen LogP contribution in [0.25, 0.3) is 10.7 Å². The van der Waals surface area contributed by atoms with Crippen LogP contribution in [0.15, 0.2) is 50.6 Å². The zero-order valence-electron chi connectivity index (χ0n) is 15.0. The van der Waals surface area contributed by atoms with Gasteiger partial charge in [-0.2, -0.15) is 4.98 Å². The summed E-state index contributed by atoms with van der Waals surface area (Å²) in [4.78, 5) is 5.46. The molecule has 4 aromatic rings. The molecule has 0 aliphatic carbocycles. The molecule has 0 radical (unpaired) electrons. The number of nitrogens with one attached hydrogen (secondary N) is 1. The number of rotatable bonds is 9. The van der Waals surface area contributed by atoms with Crippen LogP contribution in [0.1, 0.15) is 12.3 Å². The average molecular weight is 432 g/mol. The number of hydrogen-bond acceptors (Lipinski definition) is 10. The predicted octanol–water partition coefficient (Wildman–Crippen LogP) is 5.13. The molecule has 0 fully saturated rings. The molecule has 0 unspecified atom stereocenters. The molecular weight excluding hydrogens is 414 g/mol. The minimum Gasteiger partial charge on any atom is -0.495 e. The monoisotopic (exact) mass is 431 g/mol. The zero-order chi connectivity index (χ0) is 19.2. The Kier molecular flexibility index (Phi) is 6.20. The number of thioether (sulfide) groups is 1. The van der Waals surface area contributed by atoms with Crippen molar-refractivity contribution < 1.29 is 9.26 Å². The largest absolute Gasteiger partial charge is 0.495 e. The molecular formula is C18H17N5O2S3. The van der Waals surface area contributed by atoms with Crippen molar-refractivity contribution in [2.45, 2.75) is 17.2 Å². The number of thiophene rings is 1. The lowest BCUT2D eigenvalue weighted by molar-refractivity contribution is 0.378. The van der Waals surface area contributed by atoms with E-state index in [1.807, 2.05) is 41.8 Å². The van der Waals surface area contributed by atoms with Gasteiger partial charge >= 0.3 is 0 Å². The van der Waals surface area contributed by atoms with Crippen LogP contribution in [0.5, 0.6) is 5.75 Å². The Morgan fingerprint density at radius 2 is 2.11 bits per heavy atom. The highest BCUT2D eigenvalue weighted by Gasteiger charge is 2.10. The molecule has 4 rings (SSSR count). The minimum atomic E-state index is 0.661. The third-order valence-corrected chi connectivity index (χ3v) is 6.65. The Morgan fingerprint density at radius 3 is 2.96 bits per heavy atom. The first kappa shape index (κ1) is 18.9. The van der Waals surface area contributed by atoms with Gasteiger partial charge in [-0.3, -0.25) is 0 Å². The fourth-order valence-electron chi connectivity index (χ4n) is 2.43. The first-order valence-electron chi connectivity index (χ1n) is 8.54. The summed E-state index contributed by atoms with van der Waals surface area (Å²) in [5.41, 5.74) is 0.871. The third kappa shape index (κ3) is 4.70. The number of nitrogens with zero attached hydrogens (tertiary/aromatic N) is 4. The number of methoxy groups -OCH3 is 1. The number of aromatic nitrogens is 4. The lowest BCUT2D eigenvalue weighted by atomic mass is 10.3.